The average molecular weight is 171 g/mol. The molecule has 0 aromatic carbocycles. The average Bonchev–Trinajstić information content (AvgIpc) is 2.06. The molecular weight excluding hydrogens is 150 g/mol. The minimum absolute atomic E-state index is 0.272. The molecule has 0 unspecified atom stereocenters. The maximum atomic E-state index is 8.76. The fourth-order valence-corrected chi connectivity index (χ4v) is 1.25. The summed E-state index contributed by atoms with van der Waals surface area (Å²) in [7, 11) is 0. The van der Waals surface area contributed by atoms with Gasteiger partial charge in [-0.25, -0.2) is 0 Å². The Kier molecular flexibility index (Phi) is 8.51. The fraction of sp³-hybridized carbons (Fsp3) is 0.800. The van der Waals surface area contributed by atoms with Crippen molar-refractivity contribution in [2.75, 3.05) is 26.2 Å². The third kappa shape index (κ3) is 6.38. The topological polar surface area (TPSA) is 23.5 Å². The van der Waals surface area contributed by atoms with Crippen LogP contribution in [0.15, 0.2) is 12.7 Å². The van der Waals surface area contributed by atoms with E-state index in [-0.39, 0.29) is 6.61 Å². The second kappa shape index (κ2) is 8.75. The summed E-state index contributed by atoms with van der Waals surface area (Å²) in [6.07, 6.45) is 5.34. The van der Waals surface area contributed by atoms with Crippen LogP contribution >= 0.6 is 0 Å². The Hall–Kier alpha value is -0.340. The molecule has 12 heavy (non-hydrogen) atoms. The summed E-state index contributed by atoms with van der Waals surface area (Å²) in [5.41, 5.74) is 0. The first-order chi connectivity index (χ1) is 5.85. The van der Waals surface area contributed by atoms with Gasteiger partial charge >= 0.3 is 0 Å². The number of aliphatic hydroxyl groups excluding tert-OH is 1. The molecule has 0 saturated carbocycles. The molecule has 0 fully saturated rings. The fourth-order valence-electron chi connectivity index (χ4n) is 1.25. The van der Waals surface area contributed by atoms with Gasteiger partial charge in [0.15, 0.2) is 0 Å². The van der Waals surface area contributed by atoms with Crippen LogP contribution < -0.4 is 0 Å². The number of nitrogens with zero attached hydrogens (tertiary/aromatic N) is 1. The normalized spacial score (nSPS) is 10.6. The maximum Gasteiger partial charge on any atom is 0.0558 e. The highest BCUT2D eigenvalue weighted by Gasteiger charge is 2.00. The quantitative estimate of drug-likeness (QED) is 0.443. The van der Waals surface area contributed by atoms with Crippen LogP contribution in [0.2, 0.25) is 0 Å². The lowest BCUT2D eigenvalue weighted by molar-refractivity contribution is 0.195. The predicted octanol–water partition coefficient (Wildman–Crippen LogP) is 1.66. The van der Waals surface area contributed by atoms with Crippen molar-refractivity contribution >= 4 is 0 Å². The number of unbranched alkanes of at least 4 members (excludes halogenated alkanes) is 1. The van der Waals surface area contributed by atoms with E-state index in [0.29, 0.717) is 0 Å². The van der Waals surface area contributed by atoms with E-state index < -0.39 is 0 Å². The van der Waals surface area contributed by atoms with Crippen LogP contribution in [0.4, 0.5) is 0 Å². The molecule has 0 amide bonds. The van der Waals surface area contributed by atoms with Gasteiger partial charge in [-0.3, -0.25) is 0 Å². The summed E-state index contributed by atoms with van der Waals surface area (Å²) in [4.78, 5) is 2.30. The second-order valence-corrected chi connectivity index (χ2v) is 3.00. The molecule has 72 valence electrons. The van der Waals surface area contributed by atoms with Crippen molar-refractivity contribution in [2.45, 2.75) is 26.2 Å². The Morgan fingerprint density at radius 2 is 2.08 bits per heavy atom. The zero-order valence-electron chi connectivity index (χ0n) is 8.13. The van der Waals surface area contributed by atoms with Gasteiger partial charge in [0.1, 0.15) is 0 Å². The van der Waals surface area contributed by atoms with E-state index in [2.05, 4.69) is 18.4 Å². The van der Waals surface area contributed by atoms with Crippen molar-refractivity contribution in [3.63, 3.8) is 0 Å². The Balaban J connectivity index is 3.40. The monoisotopic (exact) mass is 171 g/mol. The minimum atomic E-state index is 0.272. The third-order valence-electron chi connectivity index (χ3n) is 1.84. The van der Waals surface area contributed by atoms with Gasteiger partial charge in [-0.05, 0) is 32.4 Å². The molecule has 0 heterocycles. The second-order valence-electron chi connectivity index (χ2n) is 3.00. The molecule has 0 aliphatic carbocycles. The summed E-state index contributed by atoms with van der Waals surface area (Å²) in [6.45, 7) is 9.11. The molecule has 0 bridgehead atoms. The van der Waals surface area contributed by atoms with E-state index in [9.17, 15) is 0 Å². The van der Waals surface area contributed by atoms with E-state index in [0.717, 1.165) is 38.9 Å². The van der Waals surface area contributed by atoms with Gasteiger partial charge in [0, 0.05) is 6.54 Å². The first-order valence-corrected chi connectivity index (χ1v) is 4.79. The lowest BCUT2D eigenvalue weighted by atomic mass is 10.3. The van der Waals surface area contributed by atoms with Gasteiger partial charge in [0.25, 0.3) is 0 Å². The van der Waals surface area contributed by atoms with E-state index in [1.54, 1.807) is 0 Å². The molecule has 1 N–H and O–H groups in total. The van der Waals surface area contributed by atoms with E-state index >= 15 is 0 Å². The molecule has 0 aromatic heterocycles. The summed E-state index contributed by atoms with van der Waals surface area (Å²) >= 11 is 0. The highest BCUT2D eigenvalue weighted by molar-refractivity contribution is 4.67. The molecule has 0 spiro atoms. The van der Waals surface area contributed by atoms with Crippen molar-refractivity contribution in [3.05, 3.63) is 12.7 Å². The zero-order valence-corrected chi connectivity index (χ0v) is 8.13. The minimum Gasteiger partial charge on any atom is -0.395 e. The van der Waals surface area contributed by atoms with Crippen LogP contribution in [-0.2, 0) is 0 Å². The zero-order chi connectivity index (χ0) is 9.23. The molecule has 0 aliphatic heterocycles. The largest absolute Gasteiger partial charge is 0.395 e. The van der Waals surface area contributed by atoms with Crippen LogP contribution in [0.25, 0.3) is 0 Å². The number of rotatable bonds is 8. The van der Waals surface area contributed by atoms with Crippen LogP contribution in [0.1, 0.15) is 26.2 Å². The summed E-state index contributed by atoms with van der Waals surface area (Å²) in [5.74, 6) is 0. The van der Waals surface area contributed by atoms with Gasteiger partial charge in [-0.15, -0.1) is 6.58 Å². The first kappa shape index (κ1) is 11.7. The summed E-state index contributed by atoms with van der Waals surface area (Å²) < 4.78 is 0. The molecule has 2 heteroatoms. The van der Waals surface area contributed by atoms with Crippen LogP contribution in [0.3, 0.4) is 0 Å². The smallest absolute Gasteiger partial charge is 0.0558 e. The number of hydrogen-bond donors (Lipinski definition) is 1. The molecule has 0 aliphatic rings. The van der Waals surface area contributed by atoms with Gasteiger partial charge in [-0.1, -0.05) is 13.0 Å². The number of aliphatic hydroxyl groups is 1. The Morgan fingerprint density at radius 3 is 2.58 bits per heavy atom. The summed E-state index contributed by atoms with van der Waals surface area (Å²) in [5, 5.41) is 8.76. The lowest BCUT2D eigenvalue weighted by Crippen LogP contribution is -2.28. The van der Waals surface area contributed by atoms with E-state index in [4.69, 9.17) is 5.11 Å². The molecule has 2 nitrogen and oxygen atoms in total. The molecular formula is C10H21NO. The summed E-state index contributed by atoms with van der Waals surface area (Å²) in [6, 6.07) is 0. The molecule has 0 atom stereocenters. The van der Waals surface area contributed by atoms with Gasteiger partial charge in [0.2, 0.25) is 0 Å². The van der Waals surface area contributed by atoms with Crippen molar-refractivity contribution in [1.82, 2.24) is 4.90 Å². The molecule has 0 rings (SSSR count). The van der Waals surface area contributed by atoms with Crippen molar-refractivity contribution < 1.29 is 5.11 Å². The molecule has 0 saturated heterocycles. The van der Waals surface area contributed by atoms with Gasteiger partial charge in [-0.2, -0.15) is 0 Å². The number of hydrogen-bond acceptors (Lipinski definition) is 2. The van der Waals surface area contributed by atoms with E-state index in [1.807, 2.05) is 6.08 Å². The standard InChI is InChI=1S/C10H21NO/c1-3-5-6-8-11(7-4-2)9-10-12/h3,12H,1,4-10H2,2H3. The van der Waals surface area contributed by atoms with Crippen LogP contribution in [0.5, 0.6) is 0 Å². The Bertz CT molecular complexity index is 98.0. The van der Waals surface area contributed by atoms with Gasteiger partial charge < -0.3 is 10.0 Å². The van der Waals surface area contributed by atoms with Crippen LogP contribution in [-0.4, -0.2) is 36.2 Å². The first-order valence-electron chi connectivity index (χ1n) is 4.79. The highest BCUT2D eigenvalue weighted by atomic mass is 16.3. The van der Waals surface area contributed by atoms with Crippen LogP contribution in [0, 0.1) is 0 Å². The predicted molar refractivity (Wildman–Crippen MR) is 53.2 cm³/mol. The SMILES string of the molecule is C=CCCCN(CCC)CCO. The van der Waals surface area contributed by atoms with Crippen molar-refractivity contribution in [1.29, 1.82) is 0 Å². The molecule has 0 aromatic rings. The highest BCUT2D eigenvalue weighted by Crippen LogP contribution is 1.96. The Labute approximate surface area is 75.9 Å². The van der Waals surface area contributed by atoms with Crippen molar-refractivity contribution in [3.8, 4) is 0 Å². The van der Waals surface area contributed by atoms with Gasteiger partial charge in [0.05, 0.1) is 6.61 Å². The van der Waals surface area contributed by atoms with Crippen molar-refractivity contribution in [2.24, 2.45) is 0 Å². The maximum absolute atomic E-state index is 8.76. The third-order valence-corrected chi connectivity index (χ3v) is 1.84. The Morgan fingerprint density at radius 1 is 1.33 bits per heavy atom. The lowest BCUT2D eigenvalue weighted by Gasteiger charge is -2.19. The van der Waals surface area contributed by atoms with E-state index in [1.165, 1.54) is 0 Å². The molecule has 0 radical (unpaired) electrons. The number of allylic oxidation sites excluding steroid dienone is 1.